The van der Waals surface area contributed by atoms with Gasteiger partial charge in [-0.15, -0.1) is 0 Å². The molecule has 0 radical (unpaired) electrons. The van der Waals surface area contributed by atoms with Crippen molar-refractivity contribution in [2.45, 2.75) is 18.9 Å². The number of benzene rings is 1. The quantitative estimate of drug-likeness (QED) is 0.793. The number of carbonyl (C=O) groups excluding carboxylic acids is 1. The molecule has 3 N–H and O–H groups in total. The van der Waals surface area contributed by atoms with Crippen LogP contribution in [0, 0.1) is 11.6 Å². The third kappa shape index (κ3) is 3.88. The number of ether oxygens (including phenoxy) is 1. The fourth-order valence-electron chi connectivity index (χ4n) is 1.99. The van der Waals surface area contributed by atoms with Gasteiger partial charge in [0.2, 0.25) is 0 Å². The zero-order valence-corrected chi connectivity index (χ0v) is 11.0. The number of amides is 2. The highest BCUT2D eigenvalue weighted by Gasteiger charge is 2.18. The van der Waals surface area contributed by atoms with Crippen LogP contribution in [-0.2, 0) is 4.74 Å². The molecule has 1 heterocycles. The molecule has 6 nitrogen and oxygen atoms in total. The largest absolute Gasteiger partial charge is 0.478 e. The summed E-state index contributed by atoms with van der Waals surface area (Å²) in [5, 5.41) is 13.4. The van der Waals surface area contributed by atoms with Crippen LogP contribution in [0.5, 0.6) is 0 Å². The molecule has 0 aliphatic carbocycles. The third-order valence-electron chi connectivity index (χ3n) is 3.05. The van der Waals surface area contributed by atoms with Crippen molar-refractivity contribution >= 4 is 17.7 Å². The molecule has 114 valence electrons. The molecule has 2 amide bonds. The standard InChI is InChI=1S/C13H14F2N2O4/c14-9-5-10(15)11(4-8(9)12(18)19)17-13(20)16-6-7-2-1-3-21-7/h4-5,7H,1-3,6H2,(H,18,19)(H2,16,17,20). The number of rotatable bonds is 4. The van der Waals surface area contributed by atoms with Crippen LogP contribution < -0.4 is 10.6 Å². The van der Waals surface area contributed by atoms with Crippen molar-refractivity contribution in [3.05, 3.63) is 29.3 Å². The molecule has 0 saturated carbocycles. The zero-order valence-electron chi connectivity index (χ0n) is 11.0. The Bertz CT molecular complexity index is 559. The molecule has 2 rings (SSSR count). The molecule has 1 fully saturated rings. The summed E-state index contributed by atoms with van der Waals surface area (Å²) in [7, 11) is 0. The minimum absolute atomic E-state index is 0.0802. The average molecular weight is 300 g/mol. The van der Waals surface area contributed by atoms with Crippen LogP contribution in [0.3, 0.4) is 0 Å². The molecular weight excluding hydrogens is 286 g/mol. The van der Waals surface area contributed by atoms with Crippen LogP contribution in [0.1, 0.15) is 23.2 Å². The van der Waals surface area contributed by atoms with Gasteiger partial charge in [0.25, 0.3) is 0 Å². The number of aromatic carboxylic acids is 1. The molecular formula is C13H14F2N2O4. The van der Waals surface area contributed by atoms with E-state index in [9.17, 15) is 18.4 Å². The Morgan fingerprint density at radius 2 is 2.10 bits per heavy atom. The van der Waals surface area contributed by atoms with E-state index in [1.807, 2.05) is 0 Å². The average Bonchev–Trinajstić information content (AvgIpc) is 2.92. The Morgan fingerprint density at radius 1 is 1.33 bits per heavy atom. The van der Waals surface area contributed by atoms with Crippen molar-refractivity contribution in [2.75, 3.05) is 18.5 Å². The monoisotopic (exact) mass is 300 g/mol. The number of carboxylic acids is 1. The second kappa shape index (κ2) is 6.49. The molecule has 1 aliphatic heterocycles. The van der Waals surface area contributed by atoms with Gasteiger partial charge in [-0.05, 0) is 18.9 Å². The van der Waals surface area contributed by atoms with Crippen LogP contribution >= 0.6 is 0 Å². The molecule has 1 saturated heterocycles. The summed E-state index contributed by atoms with van der Waals surface area (Å²) < 4.78 is 32.0. The lowest BCUT2D eigenvalue weighted by Gasteiger charge is -2.12. The predicted molar refractivity (Wildman–Crippen MR) is 69.3 cm³/mol. The number of anilines is 1. The number of carboxylic acid groups (broad SMARTS) is 1. The predicted octanol–water partition coefficient (Wildman–Crippen LogP) is 1.96. The third-order valence-corrected chi connectivity index (χ3v) is 3.05. The van der Waals surface area contributed by atoms with Gasteiger partial charge < -0.3 is 20.5 Å². The number of hydrogen-bond donors (Lipinski definition) is 3. The first-order valence-electron chi connectivity index (χ1n) is 6.36. The van der Waals surface area contributed by atoms with Gasteiger partial charge >= 0.3 is 12.0 Å². The van der Waals surface area contributed by atoms with Gasteiger partial charge in [-0.25, -0.2) is 18.4 Å². The lowest BCUT2D eigenvalue weighted by molar-refractivity contribution is 0.0692. The van der Waals surface area contributed by atoms with Gasteiger partial charge in [0.15, 0.2) is 0 Å². The van der Waals surface area contributed by atoms with Crippen molar-refractivity contribution in [1.29, 1.82) is 0 Å². The summed E-state index contributed by atoms with van der Waals surface area (Å²) in [6.45, 7) is 0.906. The van der Waals surface area contributed by atoms with Crippen molar-refractivity contribution in [3.63, 3.8) is 0 Å². The highest BCUT2D eigenvalue weighted by Crippen LogP contribution is 2.19. The summed E-state index contributed by atoms with van der Waals surface area (Å²) in [4.78, 5) is 22.4. The van der Waals surface area contributed by atoms with Crippen LogP contribution in [0.4, 0.5) is 19.3 Å². The molecule has 8 heteroatoms. The van der Waals surface area contributed by atoms with Gasteiger partial charge in [0, 0.05) is 19.2 Å². The fourth-order valence-corrected chi connectivity index (χ4v) is 1.99. The van der Waals surface area contributed by atoms with Crippen molar-refractivity contribution < 1.29 is 28.2 Å². The summed E-state index contributed by atoms with van der Waals surface area (Å²) in [5.74, 6) is -3.80. The second-order valence-corrected chi connectivity index (χ2v) is 4.59. The van der Waals surface area contributed by atoms with Gasteiger partial charge in [0.1, 0.15) is 11.6 Å². The Kier molecular flexibility index (Phi) is 4.69. The van der Waals surface area contributed by atoms with Gasteiger partial charge in [-0.3, -0.25) is 0 Å². The molecule has 21 heavy (non-hydrogen) atoms. The van der Waals surface area contributed by atoms with E-state index in [1.165, 1.54) is 0 Å². The summed E-state index contributed by atoms with van der Waals surface area (Å²) in [6, 6.07) is 0.435. The van der Waals surface area contributed by atoms with Gasteiger partial charge in [-0.2, -0.15) is 0 Å². The van der Waals surface area contributed by atoms with Crippen LogP contribution in [0.15, 0.2) is 12.1 Å². The molecule has 0 bridgehead atoms. The van der Waals surface area contributed by atoms with E-state index in [2.05, 4.69) is 10.6 Å². The van der Waals surface area contributed by atoms with Crippen molar-refractivity contribution in [3.8, 4) is 0 Å². The van der Waals surface area contributed by atoms with Crippen molar-refractivity contribution in [2.24, 2.45) is 0 Å². The SMILES string of the molecule is O=C(NCC1CCCO1)Nc1cc(C(=O)O)c(F)cc1F. The summed E-state index contributed by atoms with van der Waals surface area (Å²) in [6.07, 6.45) is 1.67. The maximum Gasteiger partial charge on any atom is 0.338 e. The first kappa shape index (κ1) is 15.2. The Hall–Kier alpha value is -2.22. The van der Waals surface area contributed by atoms with Crippen LogP contribution in [-0.4, -0.2) is 36.4 Å². The Balaban J connectivity index is 1.99. The molecule has 1 atom stereocenters. The molecule has 1 aromatic carbocycles. The molecule has 1 aromatic rings. The molecule has 1 aliphatic rings. The maximum atomic E-state index is 13.5. The maximum absolute atomic E-state index is 13.5. The number of hydrogen-bond acceptors (Lipinski definition) is 3. The highest BCUT2D eigenvalue weighted by molar-refractivity contribution is 5.93. The normalized spacial score (nSPS) is 17.5. The number of nitrogens with one attached hydrogen (secondary N) is 2. The summed E-state index contributed by atoms with van der Waals surface area (Å²) >= 11 is 0. The van der Waals surface area contributed by atoms with E-state index >= 15 is 0 Å². The smallest absolute Gasteiger partial charge is 0.338 e. The molecule has 0 spiro atoms. The zero-order chi connectivity index (χ0) is 15.4. The van der Waals surface area contributed by atoms with E-state index in [-0.39, 0.29) is 12.6 Å². The fraction of sp³-hybridized carbons (Fsp3) is 0.385. The van der Waals surface area contributed by atoms with Gasteiger partial charge in [-0.1, -0.05) is 0 Å². The summed E-state index contributed by atoms with van der Waals surface area (Å²) in [5.41, 5.74) is -1.12. The lowest BCUT2D eigenvalue weighted by Crippen LogP contribution is -2.35. The van der Waals surface area contributed by atoms with Crippen molar-refractivity contribution in [1.82, 2.24) is 5.32 Å². The minimum atomic E-state index is -1.55. The van der Waals surface area contributed by atoms with E-state index in [1.54, 1.807) is 0 Å². The Labute approximate surface area is 119 Å². The van der Waals surface area contributed by atoms with Crippen LogP contribution in [0.2, 0.25) is 0 Å². The minimum Gasteiger partial charge on any atom is -0.478 e. The van der Waals surface area contributed by atoms with Gasteiger partial charge in [0.05, 0.1) is 17.4 Å². The first-order valence-corrected chi connectivity index (χ1v) is 6.36. The highest BCUT2D eigenvalue weighted by atomic mass is 19.1. The number of carbonyl (C=O) groups is 2. The number of urea groups is 1. The lowest BCUT2D eigenvalue weighted by atomic mass is 10.2. The van der Waals surface area contributed by atoms with E-state index in [0.717, 1.165) is 18.9 Å². The molecule has 0 aromatic heterocycles. The molecule has 1 unspecified atom stereocenters. The topological polar surface area (TPSA) is 87.7 Å². The Morgan fingerprint density at radius 3 is 2.71 bits per heavy atom. The first-order chi connectivity index (χ1) is 9.97. The van der Waals surface area contributed by atoms with Crippen LogP contribution in [0.25, 0.3) is 0 Å². The van der Waals surface area contributed by atoms with E-state index < -0.39 is 34.9 Å². The van der Waals surface area contributed by atoms with E-state index in [4.69, 9.17) is 9.84 Å². The van der Waals surface area contributed by atoms with E-state index in [0.29, 0.717) is 12.7 Å². The second-order valence-electron chi connectivity index (χ2n) is 4.59. The number of halogens is 2.